The van der Waals surface area contributed by atoms with Gasteiger partial charge in [0, 0.05) is 12.1 Å². The maximum atomic E-state index is 11.5. The summed E-state index contributed by atoms with van der Waals surface area (Å²) >= 11 is 0. The Bertz CT molecular complexity index is 402. The molecular formula is C13H17NO2. The van der Waals surface area contributed by atoms with Crippen LogP contribution in [0.5, 0.6) is 0 Å². The number of hydrogen-bond donors (Lipinski definition) is 1. The molecule has 3 heteroatoms. The third-order valence-corrected chi connectivity index (χ3v) is 2.59. The van der Waals surface area contributed by atoms with Crippen molar-refractivity contribution < 1.29 is 9.59 Å². The molecule has 0 aliphatic carbocycles. The molecule has 1 N–H and O–H groups in total. The van der Waals surface area contributed by atoms with Crippen LogP contribution in [0.2, 0.25) is 0 Å². The number of carbonyl (C=O) groups is 2. The molecule has 1 amide bonds. The molecule has 1 aliphatic rings. The summed E-state index contributed by atoms with van der Waals surface area (Å²) in [5, 5.41) is 2.77. The van der Waals surface area contributed by atoms with Gasteiger partial charge in [-0.05, 0) is 32.4 Å². The Labute approximate surface area is 95.9 Å². The molecule has 0 radical (unpaired) electrons. The number of allylic oxidation sites excluding steroid dienone is 4. The molecule has 0 aromatic heterocycles. The Kier molecular flexibility index (Phi) is 3.82. The van der Waals surface area contributed by atoms with Crippen molar-refractivity contribution in [3.63, 3.8) is 0 Å². The van der Waals surface area contributed by atoms with Gasteiger partial charge < -0.3 is 5.32 Å². The summed E-state index contributed by atoms with van der Waals surface area (Å²) in [6.07, 6.45) is 3.86. The van der Waals surface area contributed by atoms with Gasteiger partial charge >= 0.3 is 0 Å². The van der Waals surface area contributed by atoms with E-state index in [9.17, 15) is 9.59 Å². The molecule has 0 saturated carbocycles. The second-order valence-corrected chi connectivity index (χ2v) is 4.02. The van der Waals surface area contributed by atoms with Crippen molar-refractivity contribution in [2.24, 2.45) is 5.92 Å². The topological polar surface area (TPSA) is 46.2 Å². The molecule has 1 unspecified atom stereocenters. The van der Waals surface area contributed by atoms with Gasteiger partial charge in [-0.1, -0.05) is 18.2 Å². The maximum absolute atomic E-state index is 11.5. The first-order valence-corrected chi connectivity index (χ1v) is 5.30. The van der Waals surface area contributed by atoms with Gasteiger partial charge in [-0.15, -0.1) is 0 Å². The Balaban J connectivity index is 3.29. The first-order chi connectivity index (χ1) is 7.47. The van der Waals surface area contributed by atoms with Crippen LogP contribution < -0.4 is 5.32 Å². The van der Waals surface area contributed by atoms with E-state index in [0.29, 0.717) is 5.70 Å². The predicted molar refractivity (Wildman–Crippen MR) is 63.6 cm³/mol. The molecular weight excluding hydrogens is 202 g/mol. The number of hydrogen-bond acceptors (Lipinski definition) is 2. The molecule has 0 spiro atoms. The number of rotatable bonds is 3. The summed E-state index contributed by atoms with van der Waals surface area (Å²) in [6, 6.07) is 0. The number of ketones is 1. The number of Topliss-reactive ketones (excluding diaryl/α,β-unsaturated/α-hetero) is 1. The molecule has 1 aliphatic heterocycles. The number of carbonyl (C=O) groups excluding carboxylic acids is 2. The van der Waals surface area contributed by atoms with Crippen molar-refractivity contribution in [2.45, 2.75) is 27.2 Å². The second-order valence-electron chi connectivity index (χ2n) is 4.02. The molecule has 0 saturated heterocycles. The van der Waals surface area contributed by atoms with Gasteiger partial charge in [0.15, 0.2) is 0 Å². The van der Waals surface area contributed by atoms with E-state index in [0.717, 1.165) is 11.1 Å². The maximum Gasteiger partial charge on any atom is 0.225 e. The standard InChI is InChI=1S/C13H17NO2/c1-5-6-11-13(8(2)3)10(9(4)15)7-12(16)14-11/h5-6,10H,2,7H2,1,3-4H3,(H,14,16)/b6-5-. The van der Waals surface area contributed by atoms with Crippen LogP contribution in [-0.2, 0) is 9.59 Å². The normalized spacial score (nSPS) is 21.2. The Morgan fingerprint density at radius 3 is 2.56 bits per heavy atom. The summed E-state index contributed by atoms with van der Waals surface area (Å²) in [5.74, 6) is -0.453. The van der Waals surface area contributed by atoms with Crippen LogP contribution >= 0.6 is 0 Å². The average molecular weight is 219 g/mol. The van der Waals surface area contributed by atoms with Crippen molar-refractivity contribution in [1.82, 2.24) is 5.32 Å². The Hall–Kier alpha value is -1.64. The average Bonchev–Trinajstić information content (AvgIpc) is 2.16. The molecule has 0 aromatic carbocycles. The quantitative estimate of drug-likeness (QED) is 0.790. The fraction of sp³-hybridized carbons (Fsp3) is 0.385. The zero-order valence-corrected chi connectivity index (χ0v) is 9.96. The molecule has 3 nitrogen and oxygen atoms in total. The second kappa shape index (κ2) is 4.92. The molecule has 16 heavy (non-hydrogen) atoms. The Morgan fingerprint density at radius 1 is 1.50 bits per heavy atom. The summed E-state index contributed by atoms with van der Waals surface area (Å²) in [7, 11) is 0. The highest BCUT2D eigenvalue weighted by atomic mass is 16.2. The zero-order chi connectivity index (χ0) is 12.3. The molecule has 1 rings (SSSR count). The summed E-state index contributed by atoms with van der Waals surface area (Å²) < 4.78 is 0. The minimum atomic E-state index is -0.350. The van der Waals surface area contributed by atoms with E-state index in [1.165, 1.54) is 6.92 Å². The monoisotopic (exact) mass is 219 g/mol. The lowest BCUT2D eigenvalue weighted by molar-refractivity contribution is -0.127. The van der Waals surface area contributed by atoms with Gasteiger partial charge in [-0.3, -0.25) is 9.59 Å². The van der Waals surface area contributed by atoms with E-state index in [4.69, 9.17) is 0 Å². The Morgan fingerprint density at radius 2 is 2.12 bits per heavy atom. The van der Waals surface area contributed by atoms with E-state index >= 15 is 0 Å². The van der Waals surface area contributed by atoms with E-state index < -0.39 is 0 Å². The van der Waals surface area contributed by atoms with E-state index in [1.807, 2.05) is 19.9 Å². The smallest absolute Gasteiger partial charge is 0.225 e. The van der Waals surface area contributed by atoms with Crippen LogP contribution in [0.4, 0.5) is 0 Å². The lowest BCUT2D eigenvalue weighted by Gasteiger charge is -2.26. The van der Waals surface area contributed by atoms with Crippen LogP contribution in [0.15, 0.2) is 35.6 Å². The van der Waals surface area contributed by atoms with Gasteiger partial charge in [0.25, 0.3) is 0 Å². The predicted octanol–water partition coefficient (Wildman–Crippen LogP) is 2.12. The van der Waals surface area contributed by atoms with E-state index in [2.05, 4.69) is 11.9 Å². The summed E-state index contributed by atoms with van der Waals surface area (Å²) in [6.45, 7) is 9.11. The van der Waals surface area contributed by atoms with E-state index in [-0.39, 0.29) is 24.0 Å². The minimum Gasteiger partial charge on any atom is -0.326 e. The minimum absolute atomic E-state index is 0.00912. The lowest BCUT2D eigenvalue weighted by Crippen LogP contribution is -2.35. The van der Waals surface area contributed by atoms with Crippen LogP contribution in [0.25, 0.3) is 0 Å². The third kappa shape index (κ3) is 2.48. The zero-order valence-electron chi connectivity index (χ0n) is 9.96. The first kappa shape index (κ1) is 12.4. The first-order valence-electron chi connectivity index (χ1n) is 5.30. The van der Waals surface area contributed by atoms with Crippen molar-refractivity contribution in [1.29, 1.82) is 0 Å². The largest absolute Gasteiger partial charge is 0.326 e. The molecule has 86 valence electrons. The van der Waals surface area contributed by atoms with Crippen LogP contribution in [0, 0.1) is 5.92 Å². The fourth-order valence-corrected chi connectivity index (χ4v) is 1.92. The molecule has 0 fully saturated rings. The highest BCUT2D eigenvalue weighted by Crippen LogP contribution is 2.29. The third-order valence-electron chi connectivity index (χ3n) is 2.59. The molecule has 1 heterocycles. The van der Waals surface area contributed by atoms with Crippen LogP contribution in [0.1, 0.15) is 27.2 Å². The van der Waals surface area contributed by atoms with Gasteiger partial charge in [-0.25, -0.2) is 0 Å². The SMILES string of the molecule is C=C(C)C1=C(/C=C\C)NC(=O)CC1C(C)=O. The van der Waals surface area contributed by atoms with Crippen LogP contribution in [0.3, 0.4) is 0 Å². The van der Waals surface area contributed by atoms with Gasteiger partial charge in [0.2, 0.25) is 5.91 Å². The van der Waals surface area contributed by atoms with E-state index in [1.54, 1.807) is 6.08 Å². The number of amides is 1. The van der Waals surface area contributed by atoms with Crippen LogP contribution in [-0.4, -0.2) is 11.7 Å². The molecule has 1 atom stereocenters. The lowest BCUT2D eigenvalue weighted by atomic mass is 9.84. The summed E-state index contributed by atoms with van der Waals surface area (Å²) in [5.41, 5.74) is 2.38. The highest BCUT2D eigenvalue weighted by Gasteiger charge is 2.29. The fourth-order valence-electron chi connectivity index (χ4n) is 1.92. The van der Waals surface area contributed by atoms with Crippen molar-refractivity contribution in [3.05, 3.63) is 35.6 Å². The number of nitrogens with one attached hydrogen (secondary N) is 1. The summed E-state index contributed by atoms with van der Waals surface area (Å²) in [4.78, 5) is 23.0. The molecule has 0 aromatic rings. The van der Waals surface area contributed by atoms with Crippen molar-refractivity contribution in [2.75, 3.05) is 0 Å². The van der Waals surface area contributed by atoms with Gasteiger partial charge in [0.1, 0.15) is 5.78 Å². The van der Waals surface area contributed by atoms with Gasteiger partial charge in [-0.2, -0.15) is 0 Å². The van der Waals surface area contributed by atoms with Crippen molar-refractivity contribution >= 4 is 11.7 Å². The highest BCUT2D eigenvalue weighted by molar-refractivity contribution is 5.92. The molecule has 0 bridgehead atoms. The van der Waals surface area contributed by atoms with Gasteiger partial charge in [0.05, 0.1) is 5.92 Å². The van der Waals surface area contributed by atoms with Crippen molar-refractivity contribution in [3.8, 4) is 0 Å².